The molecule has 1 aromatic heterocycles. The van der Waals surface area contributed by atoms with Crippen molar-refractivity contribution in [2.75, 3.05) is 35.6 Å². The summed E-state index contributed by atoms with van der Waals surface area (Å²) in [5.74, 6) is 1.22. The van der Waals surface area contributed by atoms with E-state index in [9.17, 15) is 13.2 Å². The molecule has 0 bridgehead atoms. The number of nitrogens with two attached hydrogens (primary N) is 1. The van der Waals surface area contributed by atoms with E-state index < -0.39 is 11.7 Å². The van der Waals surface area contributed by atoms with Gasteiger partial charge in [-0.15, -0.1) is 24.8 Å². The molecule has 1 atom stereocenters. The summed E-state index contributed by atoms with van der Waals surface area (Å²) in [5, 5.41) is 6.51. The number of aromatic nitrogens is 2. The monoisotopic (exact) mass is 492 g/mol. The summed E-state index contributed by atoms with van der Waals surface area (Å²) in [6.07, 6.45) is 0.480. The van der Waals surface area contributed by atoms with E-state index in [1.54, 1.807) is 0 Å². The van der Waals surface area contributed by atoms with Gasteiger partial charge in [0.2, 0.25) is 5.95 Å². The number of fused-ring (bicyclic) bond motifs is 1. The van der Waals surface area contributed by atoms with E-state index in [0.717, 1.165) is 75.4 Å². The van der Waals surface area contributed by atoms with E-state index >= 15 is 0 Å². The van der Waals surface area contributed by atoms with Crippen molar-refractivity contribution in [1.82, 2.24) is 15.3 Å². The quantitative estimate of drug-likeness (QED) is 0.505. The van der Waals surface area contributed by atoms with Crippen LogP contribution in [-0.2, 0) is 19.0 Å². The third-order valence-corrected chi connectivity index (χ3v) is 5.62. The summed E-state index contributed by atoms with van der Waals surface area (Å²) in [5.41, 5.74) is 7.31. The van der Waals surface area contributed by atoms with Crippen LogP contribution in [0.25, 0.3) is 0 Å². The molecule has 1 unspecified atom stereocenters. The maximum atomic E-state index is 13.1. The molecule has 0 radical (unpaired) electrons. The van der Waals surface area contributed by atoms with Gasteiger partial charge in [0.05, 0.1) is 11.3 Å². The maximum absolute atomic E-state index is 13.1. The van der Waals surface area contributed by atoms with Crippen LogP contribution in [0, 0.1) is 0 Å². The van der Waals surface area contributed by atoms with Gasteiger partial charge in [0.15, 0.2) is 0 Å². The van der Waals surface area contributed by atoms with Crippen molar-refractivity contribution in [2.45, 2.75) is 51.2 Å². The fraction of sp³-hybridized carbons (Fsp3) is 0.524. The van der Waals surface area contributed by atoms with Gasteiger partial charge in [-0.1, -0.05) is 6.92 Å². The van der Waals surface area contributed by atoms with Crippen LogP contribution in [0.3, 0.4) is 0 Å². The van der Waals surface area contributed by atoms with Crippen LogP contribution in [0.5, 0.6) is 0 Å². The fourth-order valence-corrected chi connectivity index (χ4v) is 4.21. The second-order valence-electron chi connectivity index (χ2n) is 8.00. The Hall–Kier alpha value is -1.97. The molecular formula is C21H29Cl2F3N6. The van der Waals surface area contributed by atoms with Gasteiger partial charge < -0.3 is 21.3 Å². The molecule has 2 aliphatic rings. The van der Waals surface area contributed by atoms with E-state index in [4.69, 9.17) is 10.7 Å². The minimum Gasteiger partial charge on any atom is -0.399 e. The van der Waals surface area contributed by atoms with Crippen LogP contribution in [0.15, 0.2) is 18.2 Å². The van der Waals surface area contributed by atoms with Gasteiger partial charge in [0.1, 0.15) is 5.82 Å². The molecule has 2 heterocycles. The topological polar surface area (TPSA) is 79.1 Å². The number of alkyl halides is 3. The van der Waals surface area contributed by atoms with Crippen LogP contribution in [-0.4, -0.2) is 35.6 Å². The van der Waals surface area contributed by atoms with Gasteiger partial charge in [0, 0.05) is 36.1 Å². The summed E-state index contributed by atoms with van der Waals surface area (Å²) in [6.45, 7) is 4.92. The van der Waals surface area contributed by atoms with Crippen molar-refractivity contribution >= 4 is 48.0 Å². The highest BCUT2D eigenvalue weighted by Gasteiger charge is 2.32. The van der Waals surface area contributed by atoms with Crippen LogP contribution in [0.4, 0.5) is 36.3 Å². The smallest absolute Gasteiger partial charge is 0.399 e. The molecule has 0 spiro atoms. The summed E-state index contributed by atoms with van der Waals surface area (Å²) in [4.78, 5) is 11.6. The summed E-state index contributed by atoms with van der Waals surface area (Å²) in [7, 11) is 0. The van der Waals surface area contributed by atoms with Gasteiger partial charge in [-0.25, -0.2) is 4.98 Å². The zero-order chi connectivity index (χ0) is 21.3. The molecule has 11 heteroatoms. The molecule has 1 aliphatic heterocycles. The van der Waals surface area contributed by atoms with Crippen molar-refractivity contribution in [1.29, 1.82) is 0 Å². The van der Waals surface area contributed by atoms with E-state index in [0.29, 0.717) is 12.0 Å². The number of benzene rings is 1. The Labute approximate surface area is 198 Å². The molecule has 0 saturated carbocycles. The highest BCUT2D eigenvalue weighted by atomic mass is 35.5. The van der Waals surface area contributed by atoms with Crippen molar-refractivity contribution in [3.63, 3.8) is 0 Å². The molecule has 0 amide bonds. The zero-order valence-electron chi connectivity index (χ0n) is 17.8. The van der Waals surface area contributed by atoms with Crippen molar-refractivity contribution < 1.29 is 13.2 Å². The molecule has 4 N–H and O–H groups in total. The van der Waals surface area contributed by atoms with E-state index in [2.05, 4.69) is 27.4 Å². The minimum absolute atomic E-state index is 0. The van der Waals surface area contributed by atoms with Crippen LogP contribution in [0.2, 0.25) is 0 Å². The summed E-state index contributed by atoms with van der Waals surface area (Å²) >= 11 is 0. The number of aryl methyl sites for hydroxylation is 1. The van der Waals surface area contributed by atoms with Gasteiger partial charge in [0.25, 0.3) is 0 Å². The Kier molecular flexibility index (Phi) is 8.84. The number of rotatable bonds is 6. The molecule has 1 aliphatic carbocycles. The second-order valence-corrected chi connectivity index (χ2v) is 8.00. The first-order valence-electron chi connectivity index (χ1n) is 10.5. The summed E-state index contributed by atoms with van der Waals surface area (Å²) in [6, 6.07) is 3.85. The van der Waals surface area contributed by atoms with Gasteiger partial charge in [-0.3, -0.25) is 0 Å². The summed E-state index contributed by atoms with van der Waals surface area (Å²) < 4.78 is 39.4. The minimum atomic E-state index is -4.47. The first kappa shape index (κ1) is 26.3. The standard InChI is InChI=1S/C21H27F3N6.2ClH/c1-2-7-26-15-6-8-30(12-15)19-17-4-3-5-18(17)28-20(29-19)27-16-10-13(21(22,23)24)9-14(25)11-16;;/h9-11,15,26H,2-8,12,25H2,1H3,(H,27,28,29);2*1H. The van der Waals surface area contributed by atoms with E-state index in [1.165, 1.54) is 11.6 Å². The van der Waals surface area contributed by atoms with E-state index in [1.807, 2.05) is 0 Å². The third-order valence-electron chi connectivity index (χ3n) is 5.62. The van der Waals surface area contributed by atoms with E-state index in [-0.39, 0.29) is 36.2 Å². The van der Waals surface area contributed by atoms with Crippen molar-refractivity contribution in [3.8, 4) is 0 Å². The Morgan fingerprint density at radius 1 is 1.16 bits per heavy atom. The van der Waals surface area contributed by atoms with Gasteiger partial charge >= 0.3 is 6.18 Å². The average Bonchev–Trinajstić information content (AvgIpc) is 3.34. The Bertz CT molecular complexity index is 925. The number of nitrogens with one attached hydrogen (secondary N) is 2. The van der Waals surface area contributed by atoms with Crippen LogP contribution < -0.4 is 21.3 Å². The molecular weight excluding hydrogens is 464 g/mol. The first-order chi connectivity index (χ1) is 14.3. The molecule has 1 fully saturated rings. The second kappa shape index (κ2) is 10.8. The lowest BCUT2D eigenvalue weighted by atomic mass is 10.1. The highest BCUT2D eigenvalue weighted by molar-refractivity contribution is 5.85. The Morgan fingerprint density at radius 2 is 1.94 bits per heavy atom. The number of hydrogen-bond acceptors (Lipinski definition) is 6. The van der Waals surface area contributed by atoms with Crippen molar-refractivity contribution in [3.05, 3.63) is 35.0 Å². The van der Waals surface area contributed by atoms with Crippen LogP contribution in [0.1, 0.15) is 43.0 Å². The number of nitrogens with zero attached hydrogens (tertiary/aromatic N) is 3. The molecule has 32 heavy (non-hydrogen) atoms. The van der Waals surface area contributed by atoms with Crippen molar-refractivity contribution in [2.24, 2.45) is 0 Å². The number of anilines is 4. The zero-order valence-corrected chi connectivity index (χ0v) is 19.5. The molecule has 2 aromatic rings. The highest BCUT2D eigenvalue weighted by Crippen LogP contribution is 2.35. The molecule has 1 aromatic carbocycles. The lowest BCUT2D eigenvalue weighted by Gasteiger charge is -2.22. The van der Waals surface area contributed by atoms with Crippen LogP contribution >= 0.6 is 24.8 Å². The largest absolute Gasteiger partial charge is 0.416 e. The SMILES string of the molecule is CCCNC1CCN(c2nc(Nc3cc(N)cc(C(F)(F)F)c3)nc3c2CCC3)C1.Cl.Cl. The van der Waals surface area contributed by atoms with Gasteiger partial charge in [-0.05, 0) is 56.8 Å². The lowest BCUT2D eigenvalue weighted by Crippen LogP contribution is -2.33. The Morgan fingerprint density at radius 3 is 2.66 bits per heavy atom. The predicted octanol–water partition coefficient (Wildman–Crippen LogP) is 4.73. The molecule has 6 nitrogen and oxygen atoms in total. The lowest BCUT2D eigenvalue weighted by molar-refractivity contribution is -0.137. The van der Waals surface area contributed by atoms with Gasteiger partial charge in [-0.2, -0.15) is 18.2 Å². The Balaban J connectivity index is 0.00000181. The number of hydrogen-bond donors (Lipinski definition) is 3. The maximum Gasteiger partial charge on any atom is 0.416 e. The normalized spacial score (nSPS) is 17.5. The third kappa shape index (κ3) is 5.88. The average molecular weight is 493 g/mol. The molecule has 4 rings (SSSR count). The molecule has 1 saturated heterocycles. The first-order valence-corrected chi connectivity index (χ1v) is 10.5. The fourth-order valence-electron chi connectivity index (χ4n) is 4.21. The predicted molar refractivity (Wildman–Crippen MR) is 127 cm³/mol. The molecule has 178 valence electrons. The number of nitrogen functional groups attached to an aromatic ring is 1. The number of halogens is 5.